The van der Waals surface area contributed by atoms with Crippen LogP contribution in [0.2, 0.25) is 0 Å². The third-order valence-corrected chi connectivity index (χ3v) is 6.41. The molecular weight excluding hydrogens is 454 g/mol. The van der Waals surface area contributed by atoms with Crippen molar-refractivity contribution in [2.75, 3.05) is 6.54 Å². The quantitative estimate of drug-likeness (QED) is 0.346. The minimum atomic E-state index is -0.802. The molecule has 36 heavy (non-hydrogen) atoms. The van der Waals surface area contributed by atoms with Crippen molar-refractivity contribution in [3.05, 3.63) is 42.0 Å². The fraction of sp³-hybridized carbons (Fsp3) is 0.621. The fourth-order valence-corrected chi connectivity index (χ4v) is 4.13. The smallest absolute Gasteiger partial charge is 0.408 e. The second kappa shape index (κ2) is 13.5. The Morgan fingerprint density at radius 2 is 1.89 bits per heavy atom. The molecule has 0 aromatic heterocycles. The molecule has 3 amide bonds. The first-order valence-electron chi connectivity index (χ1n) is 13.3. The van der Waals surface area contributed by atoms with Gasteiger partial charge < -0.3 is 20.3 Å². The summed E-state index contributed by atoms with van der Waals surface area (Å²) in [6, 6.07) is 5.94. The molecule has 1 fully saturated rings. The highest BCUT2D eigenvalue weighted by Crippen LogP contribution is 2.36. The molecule has 1 aliphatic carbocycles. The number of carbonyl (C=O) groups is 3. The molecule has 1 aliphatic rings. The van der Waals surface area contributed by atoms with E-state index in [4.69, 9.17) is 4.74 Å². The first-order chi connectivity index (χ1) is 17.0. The molecule has 3 unspecified atom stereocenters. The van der Waals surface area contributed by atoms with E-state index < -0.39 is 23.8 Å². The molecule has 7 heteroatoms. The van der Waals surface area contributed by atoms with E-state index in [1.807, 2.05) is 38.1 Å². The summed E-state index contributed by atoms with van der Waals surface area (Å²) in [6.07, 6.45) is 6.40. The lowest BCUT2D eigenvalue weighted by atomic mass is 9.95. The molecule has 0 saturated heterocycles. The van der Waals surface area contributed by atoms with Crippen LogP contribution in [0.25, 0.3) is 6.08 Å². The maximum absolute atomic E-state index is 14.1. The largest absolute Gasteiger partial charge is 0.444 e. The molecule has 1 saturated carbocycles. The summed E-state index contributed by atoms with van der Waals surface area (Å²) in [5, 5.41) is 5.87. The zero-order valence-corrected chi connectivity index (χ0v) is 22.9. The number of benzene rings is 1. The minimum absolute atomic E-state index is 0.0525. The van der Waals surface area contributed by atoms with E-state index in [1.165, 1.54) is 0 Å². The molecule has 7 nitrogen and oxygen atoms in total. The number of alkyl carbamates (subject to hydrolysis) is 1. The van der Waals surface area contributed by atoms with Crippen molar-refractivity contribution >= 4 is 24.0 Å². The number of unbranched alkanes of at least 4 members (excludes halogenated alkanes) is 2. The molecule has 1 aromatic carbocycles. The number of amides is 3. The highest BCUT2D eigenvalue weighted by Gasteiger charge is 2.45. The van der Waals surface area contributed by atoms with Gasteiger partial charge in [0.05, 0.1) is 0 Å². The number of nitrogens with one attached hydrogen (secondary N) is 2. The third kappa shape index (κ3) is 8.68. The average Bonchev–Trinajstić information content (AvgIpc) is 3.66. The Morgan fingerprint density at radius 3 is 2.44 bits per heavy atom. The number of hydrogen-bond donors (Lipinski definition) is 2. The molecule has 2 rings (SSSR count). The first-order valence-corrected chi connectivity index (χ1v) is 13.3. The Morgan fingerprint density at radius 1 is 1.19 bits per heavy atom. The third-order valence-electron chi connectivity index (χ3n) is 6.41. The molecular formula is C29H45N3O4. The topological polar surface area (TPSA) is 87.7 Å². The molecule has 0 spiro atoms. The van der Waals surface area contributed by atoms with Crippen LogP contribution in [0.4, 0.5) is 4.79 Å². The normalized spacial score (nSPS) is 15.8. The van der Waals surface area contributed by atoms with Gasteiger partial charge >= 0.3 is 6.09 Å². The van der Waals surface area contributed by atoms with Gasteiger partial charge in [0.1, 0.15) is 17.7 Å². The van der Waals surface area contributed by atoms with Crippen LogP contribution in [0.5, 0.6) is 0 Å². The van der Waals surface area contributed by atoms with Crippen molar-refractivity contribution in [1.82, 2.24) is 15.5 Å². The van der Waals surface area contributed by atoms with E-state index in [1.54, 1.807) is 31.7 Å². The van der Waals surface area contributed by atoms with E-state index in [-0.39, 0.29) is 23.8 Å². The fourth-order valence-electron chi connectivity index (χ4n) is 4.13. The van der Waals surface area contributed by atoms with E-state index >= 15 is 0 Å². The Labute approximate surface area is 217 Å². The summed E-state index contributed by atoms with van der Waals surface area (Å²) < 4.78 is 5.46. The molecule has 200 valence electrons. The second-order valence-corrected chi connectivity index (χ2v) is 10.8. The SMILES string of the molecule is C=Cc1cccc(C(C(=O)NCCCCC)N(C(=O)C(NC(=O)OC(C)(C)C)C(C)CC)C2CC2)c1. The Kier molecular flexibility index (Phi) is 11.0. The Balaban J connectivity index is 2.43. The number of hydrogen-bond acceptors (Lipinski definition) is 4. The van der Waals surface area contributed by atoms with Crippen LogP contribution in [-0.4, -0.2) is 47.0 Å². The lowest BCUT2D eigenvalue weighted by molar-refractivity contribution is -0.144. The van der Waals surface area contributed by atoms with Crippen molar-refractivity contribution in [3.63, 3.8) is 0 Å². The summed E-state index contributed by atoms with van der Waals surface area (Å²) in [4.78, 5) is 42.1. The summed E-state index contributed by atoms with van der Waals surface area (Å²) in [5.74, 6) is -0.595. The van der Waals surface area contributed by atoms with Crippen molar-refractivity contribution < 1.29 is 19.1 Å². The summed E-state index contributed by atoms with van der Waals surface area (Å²) in [7, 11) is 0. The zero-order valence-electron chi connectivity index (χ0n) is 22.9. The predicted molar refractivity (Wildman–Crippen MR) is 144 cm³/mol. The Bertz CT molecular complexity index is 904. The van der Waals surface area contributed by atoms with Gasteiger partial charge in [-0.2, -0.15) is 0 Å². The van der Waals surface area contributed by atoms with Crippen LogP contribution in [0.1, 0.15) is 97.2 Å². The van der Waals surface area contributed by atoms with E-state index in [0.717, 1.165) is 43.2 Å². The van der Waals surface area contributed by atoms with Crippen molar-refractivity contribution in [2.24, 2.45) is 5.92 Å². The van der Waals surface area contributed by atoms with Gasteiger partial charge in [-0.1, -0.05) is 70.9 Å². The monoisotopic (exact) mass is 499 g/mol. The highest BCUT2D eigenvalue weighted by atomic mass is 16.6. The highest BCUT2D eigenvalue weighted by molar-refractivity contribution is 5.92. The van der Waals surface area contributed by atoms with Crippen LogP contribution < -0.4 is 10.6 Å². The predicted octanol–water partition coefficient (Wildman–Crippen LogP) is 5.61. The van der Waals surface area contributed by atoms with Gasteiger partial charge in [0.25, 0.3) is 0 Å². The molecule has 3 atom stereocenters. The maximum Gasteiger partial charge on any atom is 0.408 e. The van der Waals surface area contributed by atoms with Crippen molar-refractivity contribution in [2.45, 2.75) is 104 Å². The summed E-state index contributed by atoms with van der Waals surface area (Å²) in [6.45, 7) is 15.8. The van der Waals surface area contributed by atoms with Gasteiger partial charge in [0, 0.05) is 12.6 Å². The summed E-state index contributed by atoms with van der Waals surface area (Å²) in [5.41, 5.74) is 0.931. The molecule has 2 N–H and O–H groups in total. The number of carbonyl (C=O) groups excluding carboxylic acids is 3. The van der Waals surface area contributed by atoms with Gasteiger partial charge in [-0.15, -0.1) is 0 Å². The van der Waals surface area contributed by atoms with Gasteiger partial charge in [-0.3, -0.25) is 9.59 Å². The molecule has 1 aromatic rings. The van der Waals surface area contributed by atoms with Crippen LogP contribution >= 0.6 is 0 Å². The van der Waals surface area contributed by atoms with E-state index in [2.05, 4.69) is 24.1 Å². The van der Waals surface area contributed by atoms with Crippen LogP contribution in [-0.2, 0) is 14.3 Å². The molecule has 0 bridgehead atoms. The second-order valence-electron chi connectivity index (χ2n) is 10.8. The van der Waals surface area contributed by atoms with Gasteiger partial charge in [-0.25, -0.2) is 4.79 Å². The minimum Gasteiger partial charge on any atom is -0.444 e. The van der Waals surface area contributed by atoms with Crippen LogP contribution in [0.15, 0.2) is 30.8 Å². The number of rotatable bonds is 13. The lowest BCUT2D eigenvalue weighted by Gasteiger charge is -2.36. The molecule has 0 radical (unpaired) electrons. The van der Waals surface area contributed by atoms with E-state index in [9.17, 15) is 14.4 Å². The van der Waals surface area contributed by atoms with Crippen LogP contribution in [0.3, 0.4) is 0 Å². The zero-order chi connectivity index (χ0) is 26.9. The van der Waals surface area contributed by atoms with Crippen molar-refractivity contribution in [3.8, 4) is 0 Å². The van der Waals surface area contributed by atoms with Gasteiger partial charge in [0.2, 0.25) is 11.8 Å². The maximum atomic E-state index is 14.1. The lowest BCUT2D eigenvalue weighted by Crippen LogP contribution is -2.55. The van der Waals surface area contributed by atoms with Crippen LogP contribution in [0, 0.1) is 5.92 Å². The van der Waals surface area contributed by atoms with Crippen molar-refractivity contribution in [1.29, 1.82) is 0 Å². The Hall–Kier alpha value is -2.83. The number of nitrogens with zero attached hydrogens (tertiary/aromatic N) is 1. The average molecular weight is 500 g/mol. The molecule has 0 heterocycles. The number of ether oxygens (including phenoxy) is 1. The summed E-state index contributed by atoms with van der Waals surface area (Å²) >= 11 is 0. The molecule has 0 aliphatic heterocycles. The first kappa shape index (κ1) is 29.4. The van der Waals surface area contributed by atoms with Gasteiger partial charge in [-0.05, 0) is 63.1 Å². The van der Waals surface area contributed by atoms with Gasteiger partial charge in [0.15, 0.2) is 0 Å². The standard InChI is InChI=1S/C29H45N3O4/c1-8-11-12-18-30-26(33)25(22-15-13-14-21(10-3)19-22)32(23-16-17-23)27(34)24(20(4)9-2)31-28(35)36-29(5,6)7/h10,13-15,19-20,23-25H,3,8-9,11-12,16-18H2,1-2,4-7H3,(H,30,33)(H,31,35). The van der Waals surface area contributed by atoms with E-state index in [0.29, 0.717) is 13.0 Å².